The molecule has 13 heavy (non-hydrogen) atoms. The van der Waals surface area contributed by atoms with E-state index in [0.29, 0.717) is 5.02 Å². The average Bonchev–Trinajstić information content (AvgIpc) is 2.53. The lowest BCUT2D eigenvalue weighted by atomic mass is 10.1. The van der Waals surface area contributed by atoms with Gasteiger partial charge in [-0.25, -0.2) is 4.39 Å². The van der Waals surface area contributed by atoms with Crippen molar-refractivity contribution in [3.05, 3.63) is 34.6 Å². The van der Waals surface area contributed by atoms with Crippen LogP contribution in [0.25, 0.3) is 0 Å². The summed E-state index contributed by atoms with van der Waals surface area (Å²) in [5.41, 5.74) is 0.961. The summed E-state index contributed by atoms with van der Waals surface area (Å²) in [6.45, 7) is 1.01. The zero-order valence-corrected chi connectivity index (χ0v) is 7.94. The molecule has 1 aliphatic rings. The van der Waals surface area contributed by atoms with Crippen molar-refractivity contribution in [1.82, 2.24) is 5.32 Å². The van der Waals surface area contributed by atoms with E-state index < -0.39 is 0 Å². The van der Waals surface area contributed by atoms with Crippen molar-refractivity contribution in [2.24, 2.45) is 0 Å². The molecule has 1 aromatic rings. The Morgan fingerprint density at radius 2 is 2.23 bits per heavy atom. The maximum absolute atomic E-state index is 13.0. The first-order valence-corrected chi connectivity index (χ1v) is 4.83. The first-order valence-electron chi connectivity index (χ1n) is 4.45. The van der Waals surface area contributed by atoms with Crippen molar-refractivity contribution in [2.75, 3.05) is 6.54 Å². The highest BCUT2D eigenvalue weighted by atomic mass is 35.5. The van der Waals surface area contributed by atoms with Crippen molar-refractivity contribution in [3.63, 3.8) is 0 Å². The van der Waals surface area contributed by atoms with Gasteiger partial charge >= 0.3 is 0 Å². The lowest BCUT2D eigenvalue weighted by Gasteiger charge is -2.10. The maximum atomic E-state index is 13.0. The number of nitrogens with one attached hydrogen (secondary N) is 1. The molecule has 1 heterocycles. The molecule has 0 amide bonds. The largest absolute Gasteiger partial charge is 0.310 e. The first kappa shape index (κ1) is 8.97. The van der Waals surface area contributed by atoms with Crippen LogP contribution in [0.5, 0.6) is 0 Å². The average molecular weight is 200 g/mol. The van der Waals surface area contributed by atoms with Crippen molar-refractivity contribution in [3.8, 4) is 0 Å². The fourth-order valence-electron chi connectivity index (χ4n) is 1.75. The van der Waals surface area contributed by atoms with Gasteiger partial charge < -0.3 is 5.32 Å². The zero-order chi connectivity index (χ0) is 9.26. The van der Waals surface area contributed by atoms with Crippen LogP contribution < -0.4 is 5.32 Å². The van der Waals surface area contributed by atoms with Gasteiger partial charge in [0.25, 0.3) is 0 Å². The molecule has 1 atom stereocenters. The highest BCUT2D eigenvalue weighted by molar-refractivity contribution is 6.30. The smallest absolute Gasteiger partial charge is 0.125 e. The summed E-state index contributed by atoms with van der Waals surface area (Å²) in [5.74, 6) is -0.254. The van der Waals surface area contributed by atoms with E-state index in [1.54, 1.807) is 6.07 Å². The monoisotopic (exact) mass is 199 g/mol. The first-order chi connectivity index (χ1) is 6.25. The topological polar surface area (TPSA) is 12.0 Å². The molecule has 1 nitrogen and oxygen atoms in total. The number of rotatable bonds is 1. The Labute approximate surface area is 81.9 Å². The second kappa shape index (κ2) is 3.64. The Kier molecular flexibility index (Phi) is 2.51. The molecule has 0 aliphatic carbocycles. The summed E-state index contributed by atoms with van der Waals surface area (Å²) in [6, 6.07) is 5.00. The number of hydrogen-bond donors (Lipinski definition) is 1. The normalized spacial score (nSPS) is 22.2. The Hall–Kier alpha value is -0.600. The molecule has 1 N–H and O–H groups in total. The van der Waals surface area contributed by atoms with Crippen LogP contribution in [-0.4, -0.2) is 6.54 Å². The van der Waals surface area contributed by atoms with Crippen LogP contribution in [0.2, 0.25) is 5.02 Å². The van der Waals surface area contributed by atoms with E-state index in [9.17, 15) is 4.39 Å². The highest BCUT2D eigenvalue weighted by Gasteiger charge is 2.16. The zero-order valence-electron chi connectivity index (χ0n) is 7.19. The van der Waals surface area contributed by atoms with Crippen LogP contribution in [0.4, 0.5) is 4.39 Å². The lowest BCUT2D eigenvalue weighted by Crippen LogP contribution is -2.12. The van der Waals surface area contributed by atoms with Gasteiger partial charge in [-0.15, -0.1) is 0 Å². The van der Waals surface area contributed by atoms with E-state index in [0.717, 1.165) is 24.9 Å². The Morgan fingerprint density at radius 1 is 1.38 bits per heavy atom. The number of halogens is 2. The van der Waals surface area contributed by atoms with Crippen LogP contribution >= 0.6 is 11.6 Å². The molecule has 2 rings (SSSR count). The van der Waals surface area contributed by atoms with Gasteiger partial charge in [0, 0.05) is 11.1 Å². The molecule has 0 spiro atoms. The van der Waals surface area contributed by atoms with Crippen LogP contribution in [-0.2, 0) is 0 Å². The molecule has 1 aromatic carbocycles. The van der Waals surface area contributed by atoms with Crippen LogP contribution in [0.3, 0.4) is 0 Å². The Balaban J connectivity index is 2.28. The number of benzene rings is 1. The number of hydrogen-bond acceptors (Lipinski definition) is 1. The summed E-state index contributed by atoms with van der Waals surface area (Å²) in [4.78, 5) is 0. The molecule has 0 aromatic heterocycles. The lowest BCUT2D eigenvalue weighted by molar-refractivity contribution is 0.607. The summed E-state index contributed by atoms with van der Waals surface area (Å²) in [6.07, 6.45) is 2.22. The van der Waals surface area contributed by atoms with Crippen LogP contribution in [0, 0.1) is 5.82 Å². The molecule has 1 saturated heterocycles. The van der Waals surface area contributed by atoms with E-state index in [4.69, 9.17) is 11.6 Å². The second-order valence-electron chi connectivity index (χ2n) is 3.35. The van der Waals surface area contributed by atoms with Gasteiger partial charge in [-0.3, -0.25) is 0 Å². The molecule has 1 aliphatic heterocycles. The third kappa shape index (κ3) is 2.01. The van der Waals surface area contributed by atoms with Crippen molar-refractivity contribution < 1.29 is 4.39 Å². The standard InChI is InChI=1S/C10H11ClFN/c11-8-4-7(5-9(12)6-8)10-2-1-3-13-10/h4-6,10,13H,1-3H2. The minimum Gasteiger partial charge on any atom is -0.310 e. The second-order valence-corrected chi connectivity index (χ2v) is 3.79. The van der Waals surface area contributed by atoms with Crippen molar-refractivity contribution in [1.29, 1.82) is 0 Å². The predicted molar refractivity (Wildman–Crippen MR) is 51.4 cm³/mol. The Bertz CT molecular complexity index is 288. The van der Waals surface area contributed by atoms with Gasteiger partial charge in [0.05, 0.1) is 0 Å². The van der Waals surface area contributed by atoms with Crippen molar-refractivity contribution in [2.45, 2.75) is 18.9 Å². The molecule has 1 fully saturated rings. The van der Waals surface area contributed by atoms with Gasteiger partial charge in [0.2, 0.25) is 0 Å². The molecule has 0 bridgehead atoms. The summed E-state index contributed by atoms with van der Waals surface area (Å²) in [7, 11) is 0. The van der Waals surface area contributed by atoms with E-state index >= 15 is 0 Å². The minimum atomic E-state index is -0.254. The summed E-state index contributed by atoms with van der Waals surface area (Å²) in [5, 5.41) is 3.78. The SMILES string of the molecule is Fc1cc(Cl)cc(C2CCCN2)c1. The van der Waals surface area contributed by atoms with Gasteiger partial charge in [-0.05, 0) is 43.1 Å². The molecular weight excluding hydrogens is 189 g/mol. The maximum Gasteiger partial charge on any atom is 0.125 e. The van der Waals surface area contributed by atoms with E-state index in [2.05, 4.69) is 5.32 Å². The molecule has 70 valence electrons. The fourth-order valence-corrected chi connectivity index (χ4v) is 1.98. The fraction of sp³-hybridized carbons (Fsp3) is 0.400. The molecule has 3 heteroatoms. The third-order valence-electron chi connectivity index (χ3n) is 2.35. The van der Waals surface area contributed by atoms with Gasteiger partial charge in [-0.2, -0.15) is 0 Å². The van der Waals surface area contributed by atoms with E-state index in [1.807, 2.05) is 6.07 Å². The van der Waals surface area contributed by atoms with E-state index in [-0.39, 0.29) is 11.9 Å². The molecular formula is C10H11ClFN. The van der Waals surface area contributed by atoms with Crippen LogP contribution in [0.1, 0.15) is 24.4 Å². The highest BCUT2D eigenvalue weighted by Crippen LogP contribution is 2.25. The minimum absolute atomic E-state index is 0.254. The van der Waals surface area contributed by atoms with Gasteiger partial charge in [-0.1, -0.05) is 11.6 Å². The Morgan fingerprint density at radius 3 is 2.85 bits per heavy atom. The van der Waals surface area contributed by atoms with Crippen LogP contribution in [0.15, 0.2) is 18.2 Å². The van der Waals surface area contributed by atoms with Gasteiger partial charge in [0.1, 0.15) is 5.82 Å². The van der Waals surface area contributed by atoms with Gasteiger partial charge in [0.15, 0.2) is 0 Å². The summed E-state index contributed by atoms with van der Waals surface area (Å²) < 4.78 is 13.0. The molecule has 0 saturated carbocycles. The summed E-state index contributed by atoms with van der Waals surface area (Å²) >= 11 is 5.76. The van der Waals surface area contributed by atoms with Crippen molar-refractivity contribution >= 4 is 11.6 Å². The molecule has 0 radical (unpaired) electrons. The molecule has 1 unspecified atom stereocenters. The predicted octanol–water partition coefficient (Wildman–Crippen LogP) is 2.90. The quantitative estimate of drug-likeness (QED) is 0.734. The van der Waals surface area contributed by atoms with E-state index in [1.165, 1.54) is 6.07 Å². The third-order valence-corrected chi connectivity index (χ3v) is 2.57.